The zero-order valence-electron chi connectivity index (χ0n) is 10.7. The Morgan fingerprint density at radius 1 is 1.44 bits per heavy atom. The summed E-state index contributed by atoms with van der Waals surface area (Å²) in [7, 11) is 0. The average Bonchev–Trinajstić information content (AvgIpc) is 2.76. The van der Waals surface area contributed by atoms with Crippen LogP contribution >= 0.6 is 0 Å². The highest BCUT2D eigenvalue weighted by atomic mass is 15.1. The molecule has 94 valence electrons. The van der Waals surface area contributed by atoms with Gasteiger partial charge < -0.3 is 15.6 Å². The van der Waals surface area contributed by atoms with Gasteiger partial charge in [-0.05, 0) is 18.6 Å². The van der Waals surface area contributed by atoms with Gasteiger partial charge >= 0.3 is 0 Å². The van der Waals surface area contributed by atoms with E-state index in [-0.39, 0.29) is 0 Å². The molecule has 0 spiro atoms. The molecule has 0 bridgehead atoms. The van der Waals surface area contributed by atoms with Gasteiger partial charge in [0.1, 0.15) is 18.8 Å². The van der Waals surface area contributed by atoms with Crippen molar-refractivity contribution in [3.63, 3.8) is 0 Å². The van der Waals surface area contributed by atoms with E-state index in [1.807, 2.05) is 6.07 Å². The number of quaternary nitrogens is 1. The number of aromatic nitrogens is 2. The summed E-state index contributed by atoms with van der Waals surface area (Å²) in [6, 6.07) is 6.25. The highest BCUT2D eigenvalue weighted by molar-refractivity contribution is 5.51. The second-order valence-corrected chi connectivity index (χ2v) is 5.06. The molecular formula is C14H19N4+. The van der Waals surface area contributed by atoms with Crippen LogP contribution in [0.25, 0.3) is 0 Å². The fraction of sp³-hybridized carbons (Fsp3) is 0.357. The molecular weight excluding hydrogens is 224 g/mol. The van der Waals surface area contributed by atoms with Gasteiger partial charge in [-0.25, -0.2) is 4.98 Å². The second-order valence-electron chi connectivity index (χ2n) is 5.06. The molecule has 0 fully saturated rings. The minimum absolute atomic E-state index is 0.934. The Hall–Kier alpha value is -1.81. The van der Waals surface area contributed by atoms with Crippen LogP contribution in [0.5, 0.6) is 0 Å². The Morgan fingerprint density at radius 2 is 2.33 bits per heavy atom. The summed E-state index contributed by atoms with van der Waals surface area (Å²) >= 11 is 0. The molecule has 1 aliphatic heterocycles. The number of H-pyrrole nitrogens is 1. The Balaban J connectivity index is 1.79. The zero-order valence-corrected chi connectivity index (χ0v) is 10.7. The van der Waals surface area contributed by atoms with Crippen LogP contribution in [0.15, 0.2) is 24.5 Å². The SMILES string of the molecule is Cc1[nH]cnc1C[NH+]1CCc2cccc(N)c2C1. The molecule has 1 aliphatic rings. The summed E-state index contributed by atoms with van der Waals surface area (Å²) in [6.45, 7) is 5.22. The van der Waals surface area contributed by atoms with E-state index in [1.54, 1.807) is 6.33 Å². The van der Waals surface area contributed by atoms with Crippen LogP contribution in [-0.2, 0) is 19.5 Å². The van der Waals surface area contributed by atoms with Crippen molar-refractivity contribution < 1.29 is 4.90 Å². The number of aryl methyl sites for hydroxylation is 1. The van der Waals surface area contributed by atoms with Crippen LogP contribution < -0.4 is 10.6 Å². The summed E-state index contributed by atoms with van der Waals surface area (Å²) in [6.07, 6.45) is 2.88. The maximum Gasteiger partial charge on any atom is 0.122 e. The number of benzene rings is 1. The van der Waals surface area contributed by atoms with E-state index >= 15 is 0 Å². The Kier molecular flexibility index (Phi) is 2.80. The molecule has 0 aliphatic carbocycles. The van der Waals surface area contributed by atoms with Crippen molar-refractivity contribution in [2.45, 2.75) is 26.4 Å². The first-order valence-electron chi connectivity index (χ1n) is 6.42. The molecule has 4 nitrogen and oxygen atoms in total. The van der Waals surface area contributed by atoms with Gasteiger partial charge in [0.25, 0.3) is 0 Å². The summed E-state index contributed by atoms with van der Waals surface area (Å²) in [5.74, 6) is 0. The van der Waals surface area contributed by atoms with Crippen LogP contribution in [0.1, 0.15) is 22.5 Å². The third-order valence-corrected chi connectivity index (χ3v) is 3.84. The maximum absolute atomic E-state index is 6.07. The molecule has 2 heterocycles. The molecule has 0 saturated carbocycles. The quantitative estimate of drug-likeness (QED) is 0.670. The molecule has 4 heteroatoms. The first-order chi connectivity index (χ1) is 8.74. The number of hydrogen-bond acceptors (Lipinski definition) is 2. The second kappa shape index (κ2) is 4.46. The molecule has 1 unspecified atom stereocenters. The molecule has 4 N–H and O–H groups in total. The van der Waals surface area contributed by atoms with E-state index in [2.05, 4.69) is 29.0 Å². The van der Waals surface area contributed by atoms with Gasteiger partial charge in [0, 0.05) is 23.4 Å². The fourth-order valence-electron chi connectivity index (χ4n) is 2.71. The lowest BCUT2D eigenvalue weighted by molar-refractivity contribution is -0.929. The lowest BCUT2D eigenvalue weighted by Crippen LogP contribution is -3.10. The number of nitrogen functional groups attached to an aromatic ring is 1. The summed E-state index contributed by atoms with van der Waals surface area (Å²) in [5, 5.41) is 0. The summed E-state index contributed by atoms with van der Waals surface area (Å²) in [5.41, 5.74) is 12.1. The molecule has 2 aromatic rings. The maximum atomic E-state index is 6.07. The molecule has 1 atom stereocenters. The number of nitrogens with zero attached hydrogens (tertiary/aromatic N) is 1. The van der Waals surface area contributed by atoms with E-state index < -0.39 is 0 Å². The standard InChI is InChI=1S/C14H18N4/c1-10-14(17-9-16-10)8-18-6-5-11-3-2-4-13(15)12(11)7-18/h2-4,9H,5-8,15H2,1H3,(H,16,17)/p+1. The van der Waals surface area contributed by atoms with Gasteiger partial charge in [0.05, 0.1) is 12.9 Å². The van der Waals surface area contributed by atoms with Crippen molar-refractivity contribution in [2.24, 2.45) is 0 Å². The number of rotatable bonds is 2. The third-order valence-electron chi connectivity index (χ3n) is 3.84. The van der Waals surface area contributed by atoms with E-state index in [0.29, 0.717) is 0 Å². The Bertz CT molecular complexity index is 559. The highest BCUT2D eigenvalue weighted by Gasteiger charge is 2.22. The van der Waals surface area contributed by atoms with Crippen LogP contribution in [0, 0.1) is 6.92 Å². The van der Waals surface area contributed by atoms with Crippen molar-refractivity contribution in [1.82, 2.24) is 9.97 Å². The van der Waals surface area contributed by atoms with Gasteiger partial charge in [-0.3, -0.25) is 0 Å². The van der Waals surface area contributed by atoms with E-state index in [4.69, 9.17) is 5.73 Å². The monoisotopic (exact) mass is 243 g/mol. The number of nitrogens with one attached hydrogen (secondary N) is 2. The van der Waals surface area contributed by atoms with Crippen molar-refractivity contribution >= 4 is 5.69 Å². The van der Waals surface area contributed by atoms with E-state index in [0.717, 1.165) is 31.7 Å². The first kappa shape index (κ1) is 11.3. The van der Waals surface area contributed by atoms with Crippen molar-refractivity contribution in [3.05, 3.63) is 47.0 Å². The van der Waals surface area contributed by atoms with Gasteiger partial charge in [-0.1, -0.05) is 12.1 Å². The van der Waals surface area contributed by atoms with Gasteiger partial charge in [-0.15, -0.1) is 0 Å². The minimum Gasteiger partial charge on any atom is -0.398 e. The largest absolute Gasteiger partial charge is 0.398 e. The number of nitrogens with two attached hydrogens (primary N) is 1. The predicted octanol–water partition coefficient (Wildman–Crippen LogP) is 0.442. The predicted molar refractivity (Wildman–Crippen MR) is 71.1 cm³/mol. The van der Waals surface area contributed by atoms with Crippen molar-refractivity contribution in [3.8, 4) is 0 Å². The van der Waals surface area contributed by atoms with Crippen molar-refractivity contribution in [1.29, 1.82) is 0 Å². The fourth-order valence-corrected chi connectivity index (χ4v) is 2.71. The number of hydrogen-bond donors (Lipinski definition) is 3. The molecule has 1 aromatic heterocycles. The molecule has 18 heavy (non-hydrogen) atoms. The number of aromatic amines is 1. The molecule has 0 saturated heterocycles. The van der Waals surface area contributed by atoms with Gasteiger partial charge in [0.15, 0.2) is 0 Å². The van der Waals surface area contributed by atoms with Gasteiger partial charge in [-0.2, -0.15) is 0 Å². The van der Waals surface area contributed by atoms with Crippen LogP contribution in [0.3, 0.4) is 0 Å². The molecule has 0 amide bonds. The Morgan fingerprint density at radius 3 is 3.11 bits per heavy atom. The minimum atomic E-state index is 0.934. The normalized spacial score (nSPS) is 18.6. The third kappa shape index (κ3) is 1.99. The smallest absolute Gasteiger partial charge is 0.122 e. The Labute approximate surface area is 107 Å². The highest BCUT2D eigenvalue weighted by Crippen LogP contribution is 2.18. The van der Waals surface area contributed by atoms with Crippen LogP contribution in [0.2, 0.25) is 0 Å². The molecule has 1 aromatic carbocycles. The molecule has 3 rings (SSSR count). The zero-order chi connectivity index (χ0) is 12.5. The summed E-state index contributed by atoms with van der Waals surface area (Å²) < 4.78 is 0. The van der Waals surface area contributed by atoms with Gasteiger partial charge in [0.2, 0.25) is 0 Å². The van der Waals surface area contributed by atoms with Crippen LogP contribution in [0.4, 0.5) is 5.69 Å². The average molecular weight is 243 g/mol. The number of fused-ring (bicyclic) bond motifs is 1. The van der Waals surface area contributed by atoms with Crippen LogP contribution in [-0.4, -0.2) is 16.5 Å². The van der Waals surface area contributed by atoms with Crippen molar-refractivity contribution in [2.75, 3.05) is 12.3 Å². The molecule has 0 radical (unpaired) electrons. The topological polar surface area (TPSA) is 59.1 Å². The summed E-state index contributed by atoms with van der Waals surface area (Å²) in [4.78, 5) is 9.06. The number of anilines is 1. The lowest BCUT2D eigenvalue weighted by atomic mass is 9.98. The first-order valence-corrected chi connectivity index (χ1v) is 6.42. The van der Waals surface area contributed by atoms with E-state index in [9.17, 15) is 0 Å². The van der Waals surface area contributed by atoms with E-state index in [1.165, 1.54) is 27.4 Å². The lowest BCUT2D eigenvalue weighted by Gasteiger charge is -2.26. The number of imidazole rings is 1.